The Kier molecular flexibility index (Phi) is 5.30. The van der Waals surface area contributed by atoms with Gasteiger partial charge in [0, 0.05) is 19.3 Å². The first-order valence-electron chi connectivity index (χ1n) is 7.45. The van der Waals surface area contributed by atoms with Crippen LogP contribution in [0.15, 0.2) is 24.4 Å². The second-order valence-corrected chi connectivity index (χ2v) is 5.84. The van der Waals surface area contributed by atoms with Crippen molar-refractivity contribution in [2.75, 3.05) is 27.7 Å². The van der Waals surface area contributed by atoms with Crippen molar-refractivity contribution in [1.82, 2.24) is 14.8 Å². The Bertz CT molecular complexity index is 769. The number of carbonyl (C=O) groups excluding carboxylic acids is 2. The summed E-state index contributed by atoms with van der Waals surface area (Å²) in [6.07, 6.45) is 2.67. The van der Waals surface area contributed by atoms with Crippen molar-refractivity contribution in [1.29, 1.82) is 0 Å². The van der Waals surface area contributed by atoms with Crippen LogP contribution >= 0.6 is 0 Å². The van der Waals surface area contributed by atoms with Crippen LogP contribution in [0.25, 0.3) is 10.9 Å². The minimum absolute atomic E-state index is 0.00921. The van der Waals surface area contributed by atoms with Gasteiger partial charge in [-0.2, -0.15) is 0 Å². The van der Waals surface area contributed by atoms with Crippen LogP contribution in [0.4, 0.5) is 5.69 Å². The summed E-state index contributed by atoms with van der Waals surface area (Å²) in [7, 11) is 5.09. The number of benzene rings is 1. The molecule has 2 aromatic rings. The molecule has 1 unspecified atom stereocenters. The van der Waals surface area contributed by atoms with E-state index in [1.807, 2.05) is 0 Å². The van der Waals surface area contributed by atoms with Crippen LogP contribution in [-0.4, -0.2) is 65.6 Å². The van der Waals surface area contributed by atoms with Crippen molar-refractivity contribution in [2.45, 2.75) is 12.5 Å². The molecule has 8 heteroatoms. The van der Waals surface area contributed by atoms with Gasteiger partial charge in [-0.25, -0.2) is 0 Å². The molecule has 24 heavy (non-hydrogen) atoms. The number of nitro benzene ring substituents is 1. The highest BCUT2D eigenvalue weighted by Crippen LogP contribution is 2.29. The van der Waals surface area contributed by atoms with E-state index in [1.165, 1.54) is 11.0 Å². The second kappa shape index (κ2) is 7.22. The fourth-order valence-corrected chi connectivity index (χ4v) is 2.70. The van der Waals surface area contributed by atoms with Gasteiger partial charge in [0.25, 0.3) is 5.69 Å². The minimum Gasteiger partial charge on any atom is -0.361 e. The molecule has 1 aromatic heterocycles. The SMILES string of the molecule is CN(CC=O)C(=O)C(Cc1c[nH]c2cccc([N+](=O)[O-])c12)N(C)C. The van der Waals surface area contributed by atoms with Crippen LogP contribution in [0, 0.1) is 10.1 Å². The molecule has 0 fully saturated rings. The minimum atomic E-state index is -0.520. The standard InChI is InChI=1S/C16H20N4O4/c1-18(2)14(16(22)19(3)7-8-21)9-11-10-17-12-5-4-6-13(15(11)12)20(23)24/h4-6,8,10,14,17H,7,9H2,1-3H3. The molecule has 0 aliphatic heterocycles. The third-order valence-electron chi connectivity index (χ3n) is 4.01. The number of fused-ring (bicyclic) bond motifs is 1. The van der Waals surface area contributed by atoms with E-state index in [9.17, 15) is 19.7 Å². The topological polar surface area (TPSA) is 99.5 Å². The Morgan fingerprint density at radius 1 is 1.38 bits per heavy atom. The van der Waals surface area contributed by atoms with Crippen LogP contribution in [0.1, 0.15) is 5.56 Å². The molecule has 0 aliphatic rings. The Balaban J connectivity index is 2.40. The summed E-state index contributed by atoms with van der Waals surface area (Å²) in [5, 5.41) is 11.8. The Morgan fingerprint density at radius 3 is 2.67 bits per heavy atom. The Hall–Kier alpha value is -2.74. The molecule has 1 aromatic carbocycles. The number of hydrogen-bond donors (Lipinski definition) is 1. The molecule has 0 aliphatic carbocycles. The molecule has 8 nitrogen and oxygen atoms in total. The fraction of sp³-hybridized carbons (Fsp3) is 0.375. The number of rotatable bonds is 7. The number of nitro groups is 1. The van der Waals surface area contributed by atoms with E-state index in [2.05, 4.69) is 4.98 Å². The van der Waals surface area contributed by atoms with Crippen molar-refractivity contribution in [3.63, 3.8) is 0 Å². The zero-order valence-electron chi connectivity index (χ0n) is 13.9. The number of nitrogens with one attached hydrogen (secondary N) is 1. The summed E-state index contributed by atoms with van der Waals surface area (Å²) >= 11 is 0. The maximum atomic E-state index is 12.5. The predicted molar refractivity (Wildman–Crippen MR) is 89.8 cm³/mol. The van der Waals surface area contributed by atoms with Crippen LogP contribution in [-0.2, 0) is 16.0 Å². The van der Waals surface area contributed by atoms with E-state index >= 15 is 0 Å². The van der Waals surface area contributed by atoms with Gasteiger partial charge in [0.1, 0.15) is 6.29 Å². The van der Waals surface area contributed by atoms with Gasteiger partial charge < -0.3 is 14.7 Å². The van der Waals surface area contributed by atoms with Gasteiger partial charge in [-0.1, -0.05) is 6.07 Å². The second-order valence-electron chi connectivity index (χ2n) is 5.84. The molecule has 2 rings (SSSR count). The first-order valence-corrected chi connectivity index (χ1v) is 7.45. The molecule has 0 bridgehead atoms. The van der Waals surface area contributed by atoms with Crippen LogP contribution in [0.3, 0.4) is 0 Å². The third-order valence-corrected chi connectivity index (χ3v) is 4.01. The highest BCUT2D eigenvalue weighted by Gasteiger charge is 2.27. The molecular weight excluding hydrogens is 312 g/mol. The van der Waals surface area contributed by atoms with E-state index in [-0.39, 0.29) is 18.1 Å². The highest BCUT2D eigenvalue weighted by atomic mass is 16.6. The molecule has 1 heterocycles. The number of amides is 1. The van der Waals surface area contributed by atoms with Gasteiger partial charge >= 0.3 is 0 Å². The summed E-state index contributed by atoms with van der Waals surface area (Å²) in [6, 6.07) is 4.31. The molecule has 0 spiro atoms. The lowest BCUT2D eigenvalue weighted by molar-refractivity contribution is -0.383. The number of non-ortho nitro benzene ring substituents is 1. The van der Waals surface area contributed by atoms with Crippen LogP contribution < -0.4 is 0 Å². The normalized spacial score (nSPS) is 12.3. The maximum absolute atomic E-state index is 12.5. The first kappa shape index (κ1) is 17.6. The zero-order valence-corrected chi connectivity index (χ0v) is 13.9. The zero-order chi connectivity index (χ0) is 17.9. The van der Waals surface area contributed by atoms with Crippen molar-refractivity contribution >= 4 is 28.8 Å². The molecule has 1 amide bonds. The number of nitrogens with zero attached hydrogens (tertiary/aromatic N) is 3. The average Bonchev–Trinajstić information content (AvgIpc) is 2.94. The van der Waals surface area contributed by atoms with Gasteiger partial charge in [0.15, 0.2) is 0 Å². The number of carbonyl (C=O) groups is 2. The summed E-state index contributed by atoms with van der Waals surface area (Å²) < 4.78 is 0. The largest absolute Gasteiger partial charge is 0.361 e. The number of aromatic nitrogens is 1. The van der Waals surface area contributed by atoms with E-state index < -0.39 is 11.0 Å². The predicted octanol–water partition coefficient (Wildman–Crippen LogP) is 1.21. The molecule has 0 radical (unpaired) electrons. The molecule has 0 saturated carbocycles. The molecule has 0 saturated heterocycles. The molecule has 1 atom stereocenters. The maximum Gasteiger partial charge on any atom is 0.279 e. The third kappa shape index (κ3) is 3.43. The van der Waals surface area contributed by atoms with Gasteiger partial charge in [-0.3, -0.25) is 19.8 Å². The lowest BCUT2D eigenvalue weighted by Gasteiger charge is -2.27. The lowest BCUT2D eigenvalue weighted by Crippen LogP contribution is -2.46. The quantitative estimate of drug-likeness (QED) is 0.467. The summed E-state index contributed by atoms with van der Waals surface area (Å²) in [5.41, 5.74) is 1.37. The molecule has 128 valence electrons. The number of aromatic amines is 1. The average molecular weight is 332 g/mol. The van der Waals surface area contributed by atoms with Crippen molar-refractivity contribution in [3.8, 4) is 0 Å². The van der Waals surface area contributed by atoms with E-state index in [4.69, 9.17) is 0 Å². The number of aldehydes is 1. The number of H-pyrrole nitrogens is 1. The monoisotopic (exact) mass is 332 g/mol. The Morgan fingerprint density at radius 2 is 2.08 bits per heavy atom. The van der Waals surface area contributed by atoms with Crippen LogP contribution in [0.5, 0.6) is 0 Å². The van der Waals surface area contributed by atoms with Gasteiger partial charge in [-0.15, -0.1) is 0 Å². The van der Waals surface area contributed by atoms with E-state index in [1.54, 1.807) is 44.4 Å². The van der Waals surface area contributed by atoms with Crippen molar-refractivity contribution in [2.24, 2.45) is 0 Å². The molecule has 1 N–H and O–H groups in total. The highest BCUT2D eigenvalue weighted by molar-refractivity contribution is 5.93. The van der Waals surface area contributed by atoms with E-state index in [0.29, 0.717) is 29.2 Å². The number of likely N-dealkylation sites (N-methyl/N-ethyl adjacent to an activating group) is 2. The van der Waals surface area contributed by atoms with Gasteiger partial charge in [0.2, 0.25) is 5.91 Å². The summed E-state index contributed by atoms with van der Waals surface area (Å²) in [5.74, 6) is -0.208. The smallest absolute Gasteiger partial charge is 0.279 e. The molecular formula is C16H20N4O4. The van der Waals surface area contributed by atoms with Gasteiger partial charge in [0.05, 0.1) is 28.4 Å². The van der Waals surface area contributed by atoms with E-state index in [0.717, 1.165) is 0 Å². The lowest BCUT2D eigenvalue weighted by atomic mass is 10.0. The fourth-order valence-electron chi connectivity index (χ4n) is 2.70. The van der Waals surface area contributed by atoms with Gasteiger partial charge in [-0.05, 0) is 32.1 Å². The summed E-state index contributed by atoms with van der Waals surface area (Å²) in [6.45, 7) is 0.0111. The van der Waals surface area contributed by atoms with Crippen LogP contribution in [0.2, 0.25) is 0 Å². The summed E-state index contributed by atoms with van der Waals surface area (Å²) in [4.78, 5) is 40.1. The number of hydrogen-bond acceptors (Lipinski definition) is 5. The first-order chi connectivity index (χ1) is 11.4. The van der Waals surface area contributed by atoms with Crippen molar-refractivity contribution < 1.29 is 14.5 Å². The Labute approximate surface area is 139 Å². The van der Waals surface area contributed by atoms with Crippen molar-refractivity contribution in [3.05, 3.63) is 40.1 Å².